The molecule has 0 spiro atoms. The van der Waals surface area contributed by atoms with Crippen LogP contribution in [0.2, 0.25) is 0 Å². The molecule has 0 aromatic carbocycles. The predicted octanol–water partition coefficient (Wildman–Crippen LogP) is -0.467. The van der Waals surface area contributed by atoms with Gasteiger partial charge in [0.05, 0.1) is 6.10 Å². The lowest BCUT2D eigenvalue weighted by Crippen LogP contribution is -2.40. The summed E-state index contributed by atoms with van der Waals surface area (Å²) in [7, 11) is 3.91. The third kappa shape index (κ3) is 3.22. The second-order valence-corrected chi connectivity index (χ2v) is 4.14. The molecule has 1 rings (SSSR count). The molecule has 4 heteroatoms. The van der Waals surface area contributed by atoms with E-state index in [1.807, 2.05) is 19.0 Å². The van der Waals surface area contributed by atoms with Crippen LogP contribution in [0.3, 0.4) is 0 Å². The van der Waals surface area contributed by atoms with Crippen molar-refractivity contribution in [2.75, 3.05) is 27.2 Å². The van der Waals surface area contributed by atoms with Gasteiger partial charge in [-0.1, -0.05) is 5.92 Å². The molecule has 1 N–H and O–H groups in total. The number of amides is 1. The second kappa shape index (κ2) is 5.15. The van der Waals surface area contributed by atoms with Crippen molar-refractivity contribution >= 4 is 5.91 Å². The van der Waals surface area contributed by atoms with Gasteiger partial charge in [-0.05, 0) is 33.4 Å². The summed E-state index contributed by atoms with van der Waals surface area (Å²) < 4.78 is 0. The van der Waals surface area contributed by atoms with Crippen molar-refractivity contribution in [2.24, 2.45) is 0 Å². The molecule has 0 aliphatic carbocycles. The van der Waals surface area contributed by atoms with Crippen LogP contribution in [0, 0.1) is 11.8 Å². The highest BCUT2D eigenvalue weighted by Crippen LogP contribution is 2.18. The van der Waals surface area contributed by atoms with E-state index in [1.54, 1.807) is 11.8 Å². The van der Waals surface area contributed by atoms with Crippen molar-refractivity contribution in [2.45, 2.75) is 25.5 Å². The highest BCUT2D eigenvalue weighted by atomic mass is 16.3. The van der Waals surface area contributed by atoms with Crippen LogP contribution in [0.1, 0.15) is 13.3 Å². The van der Waals surface area contributed by atoms with Crippen LogP contribution in [0.15, 0.2) is 0 Å². The maximum atomic E-state index is 11.6. The summed E-state index contributed by atoms with van der Waals surface area (Å²) >= 11 is 0. The molecule has 0 radical (unpaired) electrons. The summed E-state index contributed by atoms with van der Waals surface area (Å²) in [6.45, 7) is 2.82. The maximum Gasteiger partial charge on any atom is 0.298 e. The zero-order chi connectivity index (χ0) is 11.4. The van der Waals surface area contributed by atoms with Gasteiger partial charge in [-0.2, -0.15) is 0 Å². The molecule has 15 heavy (non-hydrogen) atoms. The molecule has 0 aromatic rings. The summed E-state index contributed by atoms with van der Waals surface area (Å²) in [5.74, 6) is 4.94. The summed E-state index contributed by atoms with van der Waals surface area (Å²) in [6.07, 6.45) is 0.243. The number of hydrogen-bond donors (Lipinski definition) is 1. The Morgan fingerprint density at radius 2 is 2.27 bits per heavy atom. The first-order valence-electron chi connectivity index (χ1n) is 5.10. The van der Waals surface area contributed by atoms with Gasteiger partial charge >= 0.3 is 0 Å². The van der Waals surface area contributed by atoms with Crippen LogP contribution in [0.25, 0.3) is 0 Å². The zero-order valence-electron chi connectivity index (χ0n) is 9.53. The van der Waals surface area contributed by atoms with E-state index < -0.39 is 6.10 Å². The molecule has 1 fully saturated rings. The number of aliphatic hydroxyl groups is 1. The standard InChI is InChI=1S/C11H18N2O2/c1-4-5-11(15)13-8-10(14)6-9(13)7-12(2)3/h9-10,14H,6-8H2,1-3H3. The lowest BCUT2D eigenvalue weighted by atomic mass is 10.2. The first-order valence-corrected chi connectivity index (χ1v) is 5.10. The summed E-state index contributed by atoms with van der Waals surface area (Å²) in [6, 6.07) is 0.0864. The van der Waals surface area contributed by atoms with Crippen LogP contribution < -0.4 is 0 Å². The van der Waals surface area contributed by atoms with Crippen molar-refractivity contribution in [1.82, 2.24) is 9.80 Å². The van der Waals surface area contributed by atoms with Crippen LogP contribution in [-0.2, 0) is 4.79 Å². The van der Waals surface area contributed by atoms with Gasteiger partial charge in [0.1, 0.15) is 0 Å². The summed E-state index contributed by atoms with van der Waals surface area (Å²) in [4.78, 5) is 15.3. The highest BCUT2D eigenvalue weighted by molar-refractivity contribution is 5.93. The molecular weight excluding hydrogens is 192 g/mol. The molecular formula is C11H18N2O2. The lowest BCUT2D eigenvalue weighted by molar-refractivity contribution is -0.126. The number of β-amino-alcohol motifs (C(OH)–C–C–N with tert-alkyl or cyclic N) is 1. The number of likely N-dealkylation sites (N-methyl/N-ethyl adjacent to an activating group) is 1. The molecule has 0 bridgehead atoms. The minimum absolute atomic E-state index is 0.0864. The number of rotatable bonds is 2. The van der Waals surface area contributed by atoms with Gasteiger partial charge in [0.25, 0.3) is 5.91 Å². The monoisotopic (exact) mass is 210 g/mol. The number of carbonyl (C=O) groups is 1. The van der Waals surface area contributed by atoms with Crippen LogP contribution in [-0.4, -0.2) is 60.1 Å². The van der Waals surface area contributed by atoms with E-state index in [1.165, 1.54) is 0 Å². The third-order valence-corrected chi connectivity index (χ3v) is 2.46. The maximum absolute atomic E-state index is 11.6. The predicted molar refractivity (Wildman–Crippen MR) is 58.1 cm³/mol. The Balaban J connectivity index is 2.66. The van der Waals surface area contributed by atoms with E-state index in [2.05, 4.69) is 11.8 Å². The van der Waals surface area contributed by atoms with Crippen molar-refractivity contribution in [3.05, 3.63) is 0 Å². The van der Waals surface area contributed by atoms with Crippen molar-refractivity contribution < 1.29 is 9.90 Å². The fourth-order valence-electron chi connectivity index (χ4n) is 1.91. The number of aliphatic hydroxyl groups excluding tert-OH is 1. The van der Waals surface area contributed by atoms with Gasteiger partial charge in [-0.3, -0.25) is 4.79 Å². The molecule has 1 amide bonds. The number of hydrogen-bond acceptors (Lipinski definition) is 3. The van der Waals surface area contributed by atoms with Crippen molar-refractivity contribution in [3.63, 3.8) is 0 Å². The van der Waals surface area contributed by atoms with Gasteiger partial charge in [-0.25, -0.2) is 0 Å². The van der Waals surface area contributed by atoms with E-state index in [0.717, 1.165) is 6.54 Å². The second-order valence-electron chi connectivity index (χ2n) is 4.14. The van der Waals surface area contributed by atoms with Gasteiger partial charge in [0.15, 0.2) is 0 Å². The quantitative estimate of drug-likeness (QED) is 0.627. The van der Waals surface area contributed by atoms with Gasteiger partial charge in [0, 0.05) is 19.1 Å². The average Bonchev–Trinajstić information content (AvgIpc) is 2.46. The Hall–Kier alpha value is -1.05. The molecule has 1 aliphatic rings. The largest absolute Gasteiger partial charge is 0.391 e. The smallest absolute Gasteiger partial charge is 0.298 e. The van der Waals surface area contributed by atoms with Crippen LogP contribution >= 0.6 is 0 Å². The number of nitrogens with zero attached hydrogens (tertiary/aromatic N) is 2. The minimum Gasteiger partial charge on any atom is -0.391 e. The third-order valence-electron chi connectivity index (χ3n) is 2.46. The topological polar surface area (TPSA) is 43.8 Å². The molecule has 2 unspecified atom stereocenters. The Bertz CT molecular complexity index is 291. The minimum atomic E-state index is -0.405. The summed E-state index contributed by atoms with van der Waals surface area (Å²) in [5.41, 5.74) is 0. The van der Waals surface area contributed by atoms with Gasteiger partial charge < -0.3 is 14.9 Å². The van der Waals surface area contributed by atoms with E-state index in [0.29, 0.717) is 13.0 Å². The zero-order valence-corrected chi connectivity index (χ0v) is 9.53. The molecule has 84 valence electrons. The van der Waals surface area contributed by atoms with E-state index in [4.69, 9.17) is 0 Å². The van der Waals surface area contributed by atoms with Crippen LogP contribution in [0.4, 0.5) is 0 Å². The molecule has 0 aromatic heterocycles. The Morgan fingerprint density at radius 3 is 2.80 bits per heavy atom. The molecule has 1 aliphatic heterocycles. The molecule has 4 nitrogen and oxygen atoms in total. The van der Waals surface area contributed by atoms with E-state index >= 15 is 0 Å². The number of likely N-dealkylation sites (tertiary alicyclic amines) is 1. The van der Waals surface area contributed by atoms with E-state index in [-0.39, 0.29) is 11.9 Å². The van der Waals surface area contributed by atoms with Crippen molar-refractivity contribution in [1.29, 1.82) is 0 Å². The van der Waals surface area contributed by atoms with Gasteiger partial charge in [-0.15, -0.1) is 0 Å². The first-order chi connectivity index (χ1) is 7.04. The SMILES string of the molecule is CC#CC(=O)N1CC(O)CC1CN(C)C. The Morgan fingerprint density at radius 1 is 1.60 bits per heavy atom. The molecule has 1 saturated heterocycles. The van der Waals surface area contributed by atoms with E-state index in [9.17, 15) is 9.90 Å². The van der Waals surface area contributed by atoms with Crippen molar-refractivity contribution in [3.8, 4) is 11.8 Å². The Labute approximate surface area is 90.9 Å². The molecule has 2 atom stereocenters. The normalized spacial score (nSPS) is 25.3. The molecule has 1 heterocycles. The highest BCUT2D eigenvalue weighted by Gasteiger charge is 2.33. The number of carbonyl (C=O) groups excluding carboxylic acids is 1. The summed E-state index contributed by atoms with van der Waals surface area (Å²) in [5, 5.41) is 9.54. The van der Waals surface area contributed by atoms with Gasteiger partial charge in [0.2, 0.25) is 0 Å². The average molecular weight is 210 g/mol. The lowest BCUT2D eigenvalue weighted by Gasteiger charge is -2.24. The Kier molecular flexibility index (Phi) is 4.13. The first kappa shape index (κ1) is 12.0. The van der Waals surface area contributed by atoms with Crippen LogP contribution in [0.5, 0.6) is 0 Å². The molecule has 0 saturated carbocycles. The fraction of sp³-hybridized carbons (Fsp3) is 0.727. The fourth-order valence-corrected chi connectivity index (χ4v) is 1.91.